The number of anilines is 1. The van der Waals surface area contributed by atoms with E-state index >= 15 is 0 Å². The third-order valence-corrected chi connectivity index (χ3v) is 5.55. The van der Waals surface area contributed by atoms with Gasteiger partial charge < -0.3 is 10.4 Å². The van der Waals surface area contributed by atoms with E-state index in [1.165, 1.54) is 6.42 Å². The Kier molecular flexibility index (Phi) is 2.62. The Morgan fingerprint density at radius 3 is 2.65 bits per heavy atom. The van der Waals surface area contributed by atoms with Gasteiger partial charge in [-0.1, -0.05) is 11.6 Å². The number of aromatic nitrogens is 2. The molecule has 1 aromatic rings. The van der Waals surface area contributed by atoms with Gasteiger partial charge in [-0.2, -0.15) is 0 Å². The summed E-state index contributed by atoms with van der Waals surface area (Å²) < 4.78 is 0. The molecule has 1 aromatic heterocycles. The highest BCUT2D eigenvalue weighted by Gasteiger charge is 2.57. The fourth-order valence-electron chi connectivity index (χ4n) is 5.15. The van der Waals surface area contributed by atoms with Crippen LogP contribution in [0.4, 0.5) is 5.82 Å². The minimum atomic E-state index is -0.467. The van der Waals surface area contributed by atoms with Crippen molar-refractivity contribution in [2.45, 2.75) is 56.6 Å². The molecule has 2 unspecified atom stereocenters. The smallest absolute Gasteiger partial charge is 0.148 e. The maximum Gasteiger partial charge on any atom is 0.148 e. The molecule has 0 radical (unpaired) electrons. The number of halogens is 1. The van der Waals surface area contributed by atoms with Crippen LogP contribution in [0, 0.1) is 18.8 Å². The highest BCUT2D eigenvalue weighted by Crippen LogP contribution is 2.58. The van der Waals surface area contributed by atoms with Crippen LogP contribution in [0.3, 0.4) is 0 Å². The minimum Gasteiger partial charge on any atom is -0.390 e. The van der Waals surface area contributed by atoms with Crippen LogP contribution >= 0.6 is 11.6 Å². The molecule has 2 atom stereocenters. The van der Waals surface area contributed by atoms with Crippen LogP contribution < -0.4 is 5.32 Å². The van der Waals surface area contributed by atoms with Gasteiger partial charge >= 0.3 is 0 Å². The lowest BCUT2D eigenvalue weighted by atomic mass is 9.51. The lowest BCUT2D eigenvalue weighted by Crippen LogP contribution is -2.62. The van der Waals surface area contributed by atoms with E-state index < -0.39 is 5.60 Å². The van der Waals surface area contributed by atoms with Crippen molar-refractivity contribution in [1.29, 1.82) is 0 Å². The maximum absolute atomic E-state index is 10.8. The first kappa shape index (κ1) is 12.8. The Hall–Kier alpha value is -0.870. The highest BCUT2D eigenvalue weighted by atomic mass is 35.5. The second-order valence-corrected chi connectivity index (χ2v) is 7.61. The lowest BCUT2D eigenvalue weighted by molar-refractivity contribution is -0.127. The quantitative estimate of drug-likeness (QED) is 0.880. The average molecular weight is 294 g/mol. The number of aryl methyl sites for hydroxylation is 1. The molecule has 4 nitrogen and oxygen atoms in total. The Balaban J connectivity index is 1.66. The molecule has 4 aliphatic carbocycles. The monoisotopic (exact) mass is 293 g/mol. The van der Waals surface area contributed by atoms with Crippen LogP contribution in [0.5, 0.6) is 0 Å². The van der Waals surface area contributed by atoms with E-state index in [0.717, 1.165) is 43.7 Å². The standard InChI is InChI=1S/C15H20ClN3O/c1-9-17-7-12(16)13(18-9)19-14-3-10-2-11(4-14)6-15(20,5-10)8-14/h7,10-11,20H,2-6,8H2,1H3,(H,17,18,19). The molecule has 0 aliphatic heterocycles. The number of hydrogen-bond acceptors (Lipinski definition) is 4. The van der Waals surface area contributed by atoms with Gasteiger partial charge in [0.15, 0.2) is 0 Å². The predicted molar refractivity (Wildman–Crippen MR) is 77.8 cm³/mol. The second kappa shape index (κ2) is 4.08. The molecule has 1 heterocycles. The maximum atomic E-state index is 10.8. The van der Waals surface area contributed by atoms with Crippen molar-refractivity contribution in [2.75, 3.05) is 5.32 Å². The zero-order valence-corrected chi connectivity index (χ0v) is 12.5. The van der Waals surface area contributed by atoms with E-state index in [4.69, 9.17) is 11.6 Å². The van der Waals surface area contributed by atoms with E-state index in [1.807, 2.05) is 6.92 Å². The van der Waals surface area contributed by atoms with Gasteiger partial charge in [0.1, 0.15) is 16.7 Å². The summed E-state index contributed by atoms with van der Waals surface area (Å²) >= 11 is 6.22. The molecule has 0 spiro atoms. The molecular weight excluding hydrogens is 274 g/mol. The van der Waals surface area contributed by atoms with E-state index in [2.05, 4.69) is 15.3 Å². The van der Waals surface area contributed by atoms with Crippen molar-refractivity contribution in [3.05, 3.63) is 17.0 Å². The molecule has 0 aromatic carbocycles. The van der Waals surface area contributed by atoms with Gasteiger partial charge in [-0.3, -0.25) is 0 Å². The first-order chi connectivity index (χ1) is 9.45. The van der Waals surface area contributed by atoms with Crippen molar-refractivity contribution in [2.24, 2.45) is 11.8 Å². The molecule has 4 fully saturated rings. The average Bonchev–Trinajstić information content (AvgIpc) is 2.30. The summed E-state index contributed by atoms with van der Waals surface area (Å²) in [6.45, 7) is 1.87. The lowest BCUT2D eigenvalue weighted by Gasteiger charge is -2.60. The van der Waals surface area contributed by atoms with E-state index in [0.29, 0.717) is 16.9 Å². The Morgan fingerprint density at radius 2 is 2.00 bits per heavy atom. The number of hydrogen-bond donors (Lipinski definition) is 2. The van der Waals surface area contributed by atoms with Crippen molar-refractivity contribution >= 4 is 17.4 Å². The molecule has 2 N–H and O–H groups in total. The van der Waals surface area contributed by atoms with Gasteiger partial charge in [0.25, 0.3) is 0 Å². The third-order valence-electron chi connectivity index (χ3n) is 5.28. The van der Waals surface area contributed by atoms with Crippen molar-refractivity contribution in [3.8, 4) is 0 Å². The molecule has 4 saturated carbocycles. The van der Waals surface area contributed by atoms with E-state index in [9.17, 15) is 5.11 Å². The van der Waals surface area contributed by atoms with E-state index in [1.54, 1.807) is 6.20 Å². The van der Waals surface area contributed by atoms with Crippen molar-refractivity contribution < 1.29 is 5.11 Å². The Bertz CT molecular complexity index is 548. The zero-order chi connectivity index (χ0) is 14.0. The van der Waals surface area contributed by atoms with Gasteiger partial charge in [-0.15, -0.1) is 0 Å². The number of nitrogens with zero attached hydrogens (tertiary/aromatic N) is 2. The normalized spacial score (nSPS) is 42.0. The van der Waals surface area contributed by atoms with Crippen LogP contribution in [0.15, 0.2) is 6.20 Å². The van der Waals surface area contributed by atoms with Crippen LogP contribution in [0.2, 0.25) is 5.02 Å². The van der Waals surface area contributed by atoms with Crippen LogP contribution in [-0.4, -0.2) is 26.2 Å². The van der Waals surface area contributed by atoms with Crippen molar-refractivity contribution in [1.82, 2.24) is 9.97 Å². The first-order valence-corrected chi connectivity index (χ1v) is 7.83. The molecule has 4 bridgehead atoms. The minimum absolute atomic E-state index is 0.0245. The van der Waals surface area contributed by atoms with Gasteiger partial charge in [0, 0.05) is 5.54 Å². The molecule has 20 heavy (non-hydrogen) atoms. The molecule has 0 amide bonds. The summed E-state index contributed by atoms with van der Waals surface area (Å²) in [6.07, 6.45) is 7.97. The van der Waals surface area contributed by atoms with Gasteiger partial charge in [-0.05, 0) is 57.3 Å². The predicted octanol–water partition coefficient (Wildman–Crippen LogP) is 2.93. The number of nitrogens with one attached hydrogen (secondary N) is 1. The second-order valence-electron chi connectivity index (χ2n) is 7.20. The fraction of sp³-hybridized carbons (Fsp3) is 0.733. The van der Waals surface area contributed by atoms with Gasteiger partial charge in [0.05, 0.1) is 11.8 Å². The Labute approximate surface area is 124 Å². The molecule has 5 heteroatoms. The zero-order valence-electron chi connectivity index (χ0n) is 11.7. The largest absolute Gasteiger partial charge is 0.390 e. The SMILES string of the molecule is Cc1ncc(Cl)c(NC23CC4CC(CC(O)(C4)C2)C3)n1. The summed E-state index contributed by atoms with van der Waals surface area (Å²) in [4.78, 5) is 8.55. The van der Waals surface area contributed by atoms with Gasteiger partial charge in [0.2, 0.25) is 0 Å². The number of aliphatic hydroxyl groups is 1. The number of rotatable bonds is 2. The highest BCUT2D eigenvalue weighted by molar-refractivity contribution is 6.32. The first-order valence-electron chi connectivity index (χ1n) is 7.45. The summed E-state index contributed by atoms with van der Waals surface area (Å²) in [5.41, 5.74) is -0.491. The Morgan fingerprint density at radius 1 is 1.30 bits per heavy atom. The molecule has 108 valence electrons. The molecular formula is C15H20ClN3O. The molecule has 5 rings (SSSR count). The van der Waals surface area contributed by atoms with Crippen molar-refractivity contribution in [3.63, 3.8) is 0 Å². The summed E-state index contributed by atoms with van der Waals surface area (Å²) in [5, 5.41) is 14.9. The van der Waals surface area contributed by atoms with Crippen LogP contribution in [0.25, 0.3) is 0 Å². The molecule has 0 saturated heterocycles. The topological polar surface area (TPSA) is 58.0 Å². The summed E-state index contributed by atoms with van der Waals surface area (Å²) in [7, 11) is 0. The summed E-state index contributed by atoms with van der Waals surface area (Å²) in [5.74, 6) is 2.75. The summed E-state index contributed by atoms with van der Waals surface area (Å²) in [6, 6.07) is 0. The molecule has 4 aliphatic rings. The van der Waals surface area contributed by atoms with Gasteiger partial charge in [-0.25, -0.2) is 9.97 Å². The fourth-order valence-corrected chi connectivity index (χ4v) is 5.29. The van der Waals surface area contributed by atoms with E-state index in [-0.39, 0.29) is 5.54 Å². The van der Waals surface area contributed by atoms with Crippen LogP contribution in [0.1, 0.15) is 44.3 Å². The third kappa shape index (κ3) is 2.01. The van der Waals surface area contributed by atoms with Crippen LogP contribution in [-0.2, 0) is 0 Å².